The molecule has 0 radical (unpaired) electrons. The van der Waals surface area contributed by atoms with Crippen LogP contribution in [0.25, 0.3) is 0 Å². The molecule has 0 spiro atoms. The minimum atomic E-state index is 0.0463. The van der Waals surface area contributed by atoms with Gasteiger partial charge in [0.2, 0.25) is 5.91 Å². The van der Waals surface area contributed by atoms with E-state index in [1.807, 2.05) is 38.1 Å². The number of hydrogen-bond acceptors (Lipinski definition) is 3. The quantitative estimate of drug-likeness (QED) is 0.314. The second-order valence-electron chi connectivity index (χ2n) is 7.49. The van der Waals surface area contributed by atoms with Gasteiger partial charge >= 0.3 is 0 Å². The first-order valence-electron chi connectivity index (χ1n) is 9.81. The molecule has 0 aliphatic heterocycles. The third-order valence-electron chi connectivity index (χ3n) is 3.87. The van der Waals surface area contributed by atoms with E-state index in [1.165, 1.54) is 0 Å². The maximum absolute atomic E-state index is 11.9. The van der Waals surface area contributed by atoms with E-state index in [2.05, 4.69) is 34.8 Å². The summed E-state index contributed by atoms with van der Waals surface area (Å²) < 4.78 is 5.60. The number of guanidine groups is 1. The molecule has 1 aromatic rings. The molecular weight excluding hydrogens is 340 g/mol. The smallest absolute Gasteiger partial charge is 0.224 e. The van der Waals surface area contributed by atoms with Gasteiger partial charge in [-0.2, -0.15) is 0 Å². The Morgan fingerprint density at radius 3 is 2.56 bits per heavy atom. The molecule has 0 bridgehead atoms. The number of aliphatic imine (C=N–C) groups is 1. The normalized spacial score (nSPS) is 11.7. The Morgan fingerprint density at radius 1 is 1.11 bits per heavy atom. The monoisotopic (exact) mass is 376 g/mol. The van der Waals surface area contributed by atoms with Crippen LogP contribution in [0.1, 0.15) is 46.1 Å². The van der Waals surface area contributed by atoms with E-state index in [9.17, 15) is 4.79 Å². The topological polar surface area (TPSA) is 74.8 Å². The lowest BCUT2D eigenvalue weighted by atomic mass is 10.1. The number of ether oxygens (including phenoxy) is 1. The third-order valence-corrected chi connectivity index (χ3v) is 3.87. The Morgan fingerprint density at radius 2 is 1.89 bits per heavy atom. The van der Waals surface area contributed by atoms with Crippen molar-refractivity contribution < 1.29 is 9.53 Å². The number of benzene rings is 1. The van der Waals surface area contributed by atoms with E-state index in [0.717, 1.165) is 30.2 Å². The molecule has 0 fully saturated rings. The summed E-state index contributed by atoms with van der Waals surface area (Å²) in [5, 5.41) is 9.47. The highest BCUT2D eigenvalue weighted by Gasteiger charge is 2.06. The van der Waals surface area contributed by atoms with Crippen LogP contribution in [-0.4, -0.2) is 38.7 Å². The van der Waals surface area contributed by atoms with Crippen LogP contribution < -0.4 is 16.0 Å². The number of carbonyl (C=O) groups is 1. The summed E-state index contributed by atoms with van der Waals surface area (Å²) in [5.74, 6) is 1.79. The summed E-state index contributed by atoms with van der Waals surface area (Å²) in [4.78, 5) is 16.1. The third kappa shape index (κ3) is 11.3. The van der Waals surface area contributed by atoms with Gasteiger partial charge in [0.25, 0.3) is 0 Å². The first kappa shape index (κ1) is 23.0. The van der Waals surface area contributed by atoms with Gasteiger partial charge in [-0.25, -0.2) is 0 Å². The van der Waals surface area contributed by atoms with Gasteiger partial charge < -0.3 is 20.7 Å². The van der Waals surface area contributed by atoms with Crippen molar-refractivity contribution in [1.82, 2.24) is 10.6 Å². The van der Waals surface area contributed by atoms with E-state index in [-0.39, 0.29) is 5.91 Å². The molecule has 0 aromatic heterocycles. The molecule has 0 unspecified atom stereocenters. The fourth-order valence-corrected chi connectivity index (χ4v) is 2.41. The van der Waals surface area contributed by atoms with Crippen LogP contribution in [0, 0.1) is 11.8 Å². The number of anilines is 1. The van der Waals surface area contributed by atoms with Crippen molar-refractivity contribution in [3.63, 3.8) is 0 Å². The lowest BCUT2D eigenvalue weighted by molar-refractivity contribution is -0.116. The van der Waals surface area contributed by atoms with Gasteiger partial charge in [0.1, 0.15) is 0 Å². The van der Waals surface area contributed by atoms with Crippen molar-refractivity contribution >= 4 is 17.6 Å². The van der Waals surface area contributed by atoms with Gasteiger partial charge in [-0.3, -0.25) is 9.79 Å². The van der Waals surface area contributed by atoms with E-state index < -0.39 is 0 Å². The van der Waals surface area contributed by atoms with Gasteiger partial charge in [-0.1, -0.05) is 39.8 Å². The van der Waals surface area contributed by atoms with Crippen molar-refractivity contribution in [2.45, 2.75) is 47.1 Å². The molecule has 152 valence electrons. The van der Waals surface area contributed by atoms with Gasteiger partial charge in [-0.15, -0.1) is 0 Å². The fourth-order valence-electron chi connectivity index (χ4n) is 2.41. The Labute approximate surface area is 164 Å². The zero-order chi connectivity index (χ0) is 20.1. The van der Waals surface area contributed by atoms with Crippen LogP contribution in [0.3, 0.4) is 0 Å². The molecule has 6 nitrogen and oxygen atoms in total. The van der Waals surface area contributed by atoms with Crippen LogP contribution in [0.4, 0.5) is 5.69 Å². The number of carbonyl (C=O) groups excluding carboxylic acids is 1. The number of nitrogens with one attached hydrogen (secondary N) is 3. The first-order chi connectivity index (χ1) is 12.9. The van der Waals surface area contributed by atoms with Crippen LogP contribution in [-0.2, 0) is 16.1 Å². The SMILES string of the molecule is CN=C(NCCOCCC(C)C)NCc1cccc(NC(=O)CC(C)C)c1. The van der Waals surface area contributed by atoms with Crippen molar-refractivity contribution in [2.75, 3.05) is 32.1 Å². The summed E-state index contributed by atoms with van der Waals surface area (Å²) in [6.07, 6.45) is 1.61. The highest BCUT2D eigenvalue weighted by atomic mass is 16.5. The van der Waals surface area contributed by atoms with Gasteiger partial charge in [0, 0.05) is 38.9 Å². The summed E-state index contributed by atoms with van der Waals surface area (Å²) in [7, 11) is 1.75. The number of rotatable bonds is 11. The number of amides is 1. The van der Waals surface area contributed by atoms with Gasteiger partial charge in [-0.05, 0) is 36.0 Å². The average Bonchev–Trinajstić information content (AvgIpc) is 2.59. The number of nitrogens with zero attached hydrogens (tertiary/aromatic N) is 1. The van der Waals surface area contributed by atoms with E-state index in [1.54, 1.807) is 7.05 Å². The molecule has 0 saturated carbocycles. The standard InChI is InChI=1S/C21H36N4O2/c1-16(2)9-11-27-12-10-23-21(22-5)24-15-18-7-6-8-19(14-18)25-20(26)13-17(3)4/h6-8,14,16-17H,9-13,15H2,1-5H3,(H,25,26)(H2,22,23,24). The molecule has 1 rings (SSSR count). The van der Waals surface area contributed by atoms with Crippen LogP contribution in [0.5, 0.6) is 0 Å². The maximum Gasteiger partial charge on any atom is 0.224 e. The van der Waals surface area contributed by atoms with Crippen molar-refractivity contribution in [2.24, 2.45) is 16.8 Å². The minimum Gasteiger partial charge on any atom is -0.380 e. The van der Waals surface area contributed by atoms with Gasteiger partial charge in [0.05, 0.1) is 6.61 Å². The molecule has 0 heterocycles. The second-order valence-corrected chi connectivity index (χ2v) is 7.49. The summed E-state index contributed by atoms with van der Waals surface area (Å²) in [5.41, 5.74) is 1.90. The second kappa shape index (κ2) is 13.1. The summed E-state index contributed by atoms with van der Waals surface area (Å²) in [6, 6.07) is 7.85. The lowest BCUT2D eigenvalue weighted by Gasteiger charge is -2.13. The highest BCUT2D eigenvalue weighted by molar-refractivity contribution is 5.90. The molecule has 0 aliphatic carbocycles. The van der Waals surface area contributed by atoms with Crippen molar-refractivity contribution in [1.29, 1.82) is 0 Å². The van der Waals surface area contributed by atoms with Crippen molar-refractivity contribution in [3.05, 3.63) is 29.8 Å². The maximum atomic E-state index is 11.9. The van der Waals surface area contributed by atoms with E-state index in [0.29, 0.717) is 38.0 Å². The molecule has 27 heavy (non-hydrogen) atoms. The first-order valence-corrected chi connectivity index (χ1v) is 9.81. The highest BCUT2D eigenvalue weighted by Crippen LogP contribution is 2.12. The Bertz CT molecular complexity index is 585. The minimum absolute atomic E-state index is 0.0463. The average molecular weight is 377 g/mol. The van der Waals surface area contributed by atoms with Crippen LogP contribution >= 0.6 is 0 Å². The molecule has 0 atom stereocenters. The Hall–Kier alpha value is -2.08. The molecule has 3 N–H and O–H groups in total. The molecule has 0 saturated heterocycles. The van der Waals surface area contributed by atoms with E-state index in [4.69, 9.17) is 4.74 Å². The number of hydrogen-bond donors (Lipinski definition) is 3. The molecule has 1 amide bonds. The largest absolute Gasteiger partial charge is 0.380 e. The van der Waals surface area contributed by atoms with E-state index >= 15 is 0 Å². The Balaban J connectivity index is 2.36. The van der Waals surface area contributed by atoms with Crippen molar-refractivity contribution in [3.8, 4) is 0 Å². The zero-order valence-electron chi connectivity index (χ0n) is 17.5. The molecule has 6 heteroatoms. The predicted molar refractivity (Wildman–Crippen MR) is 113 cm³/mol. The molecular formula is C21H36N4O2. The fraction of sp³-hybridized carbons (Fsp3) is 0.619. The summed E-state index contributed by atoms with van der Waals surface area (Å²) in [6.45, 7) is 11.2. The zero-order valence-corrected chi connectivity index (χ0v) is 17.5. The van der Waals surface area contributed by atoms with Gasteiger partial charge in [0.15, 0.2) is 5.96 Å². The predicted octanol–water partition coefficient (Wildman–Crippen LogP) is 3.40. The lowest BCUT2D eigenvalue weighted by Crippen LogP contribution is -2.38. The molecule has 0 aliphatic rings. The molecule has 1 aromatic carbocycles. The van der Waals surface area contributed by atoms with Crippen LogP contribution in [0.15, 0.2) is 29.3 Å². The Kier molecular flexibility index (Phi) is 11.2. The van der Waals surface area contributed by atoms with Crippen LogP contribution in [0.2, 0.25) is 0 Å². The summed E-state index contributed by atoms with van der Waals surface area (Å²) >= 11 is 0.